The van der Waals surface area contributed by atoms with Crippen molar-refractivity contribution in [3.8, 4) is 22.9 Å². The van der Waals surface area contributed by atoms with Crippen molar-refractivity contribution in [3.05, 3.63) is 82.2 Å². The molecule has 1 aliphatic heterocycles. The van der Waals surface area contributed by atoms with Crippen molar-refractivity contribution >= 4 is 12.1 Å². The van der Waals surface area contributed by atoms with E-state index in [0.29, 0.717) is 35.7 Å². The van der Waals surface area contributed by atoms with Crippen molar-refractivity contribution in [2.75, 3.05) is 7.05 Å². The fraction of sp³-hybridized carbons (Fsp3) is 0.259. The molecule has 0 unspecified atom stereocenters. The van der Waals surface area contributed by atoms with Gasteiger partial charge in [0.2, 0.25) is 0 Å². The molecule has 1 fully saturated rings. The van der Waals surface area contributed by atoms with Gasteiger partial charge in [-0.25, -0.2) is 0 Å². The maximum absolute atomic E-state index is 13.3. The minimum atomic E-state index is -0.142. The van der Waals surface area contributed by atoms with E-state index in [1.807, 2.05) is 24.3 Å². The van der Waals surface area contributed by atoms with Gasteiger partial charge in [-0.05, 0) is 59.9 Å². The average molecular weight is 453 g/mol. The Morgan fingerprint density at radius 3 is 2.88 bits per heavy atom. The van der Waals surface area contributed by atoms with E-state index in [4.69, 9.17) is 4.74 Å². The minimum absolute atomic E-state index is 0.128. The number of carbonyl (C=O) groups excluding carboxylic acids is 1. The number of aliphatic imine (C=N–C) groups is 1. The zero-order valence-corrected chi connectivity index (χ0v) is 18.9. The first kappa shape index (κ1) is 21.8. The number of amides is 1. The number of carbonyl (C=O) groups is 1. The molecule has 1 aliphatic carbocycles. The Morgan fingerprint density at radius 1 is 1.26 bits per heavy atom. The molecule has 0 bridgehead atoms. The van der Waals surface area contributed by atoms with Gasteiger partial charge in [-0.1, -0.05) is 12.1 Å². The Hall–Kier alpha value is -4.02. The van der Waals surface area contributed by atoms with Gasteiger partial charge in [0.05, 0.1) is 36.6 Å². The summed E-state index contributed by atoms with van der Waals surface area (Å²) in [5.74, 6) is 0.525. The predicted molar refractivity (Wildman–Crippen MR) is 127 cm³/mol. The molecule has 0 radical (unpaired) electrons. The lowest BCUT2D eigenvalue weighted by atomic mass is 10.00. The van der Waals surface area contributed by atoms with E-state index in [-0.39, 0.29) is 18.6 Å². The van der Waals surface area contributed by atoms with Crippen molar-refractivity contribution in [3.63, 3.8) is 0 Å². The van der Waals surface area contributed by atoms with Crippen LogP contribution in [0.1, 0.15) is 51.1 Å². The van der Waals surface area contributed by atoms with Gasteiger partial charge >= 0.3 is 0 Å². The third-order valence-corrected chi connectivity index (χ3v) is 6.12. The Kier molecular flexibility index (Phi) is 5.83. The summed E-state index contributed by atoms with van der Waals surface area (Å²) in [7, 11) is 1.76. The van der Waals surface area contributed by atoms with Gasteiger partial charge < -0.3 is 14.7 Å². The van der Waals surface area contributed by atoms with E-state index in [2.05, 4.69) is 16.0 Å². The fourth-order valence-corrected chi connectivity index (χ4v) is 4.14. The molecule has 34 heavy (non-hydrogen) atoms. The number of pyridine rings is 1. The van der Waals surface area contributed by atoms with E-state index in [1.54, 1.807) is 42.6 Å². The zero-order chi connectivity index (χ0) is 23.7. The Balaban J connectivity index is 1.42. The summed E-state index contributed by atoms with van der Waals surface area (Å²) in [6, 6.07) is 15.0. The molecular weight excluding hydrogens is 428 g/mol. The molecule has 2 heterocycles. The lowest BCUT2D eigenvalue weighted by Crippen LogP contribution is -2.27. The first-order valence-corrected chi connectivity index (χ1v) is 11.2. The summed E-state index contributed by atoms with van der Waals surface area (Å²) < 4.78 is 6.16. The molecule has 0 saturated heterocycles. The maximum Gasteiger partial charge on any atom is 0.254 e. The SMILES string of the molecule is CN(Cc1cnc(CO)c2c1CN=C2)C(=O)c1ccc(-c2cccc(C#N)c2)c(OC2CC2)c1. The predicted octanol–water partition coefficient (Wildman–Crippen LogP) is 3.86. The highest BCUT2D eigenvalue weighted by Crippen LogP contribution is 2.36. The molecule has 0 atom stereocenters. The van der Waals surface area contributed by atoms with Crippen LogP contribution in [0.5, 0.6) is 5.75 Å². The van der Waals surface area contributed by atoms with Crippen molar-refractivity contribution in [1.82, 2.24) is 9.88 Å². The molecule has 0 spiro atoms. The summed E-state index contributed by atoms with van der Waals surface area (Å²) in [5.41, 5.74) is 6.23. The third-order valence-electron chi connectivity index (χ3n) is 6.12. The average Bonchev–Trinajstić information content (AvgIpc) is 3.54. The topological polar surface area (TPSA) is 98.8 Å². The maximum atomic E-state index is 13.3. The molecule has 1 amide bonds. The Morgan fingerprint density at radius 2 is 2.12 bits per heavy atom. The van der Waals surface area contributed by atoms with E-state index in [9.17, 15) is 15.2 Å². The molecule has 7 nitrogen and oxygen atoms in total. The van der Waals surface area contributed by atoms with Crippen LogP contribution in [-0.2, 0) is 19.7 Å². The smallest absolute Gasteiger partial charge is 0.254 e. The highest BCUT2D eigenvalue weighted by molar-refractivity contribution is 5.95. The lowest BCUT2D eigenvalue weighted by molar-refractivity contribution is 0.0784. The van der Waals surface area contributed by atoms with Gasteiger partial charge in [-0.15, -0.1) is 0 Å². The van der Waals surface area contributed by atoms with Crippen LogP contribution >= 0.6 is 0 Å². The van der Waals surface area contributed by atoms with Crippen LogP contribution in [0.15, 0.2) is 53.7 Å². The van der Waals surface area contributed by atoms with Crippen molar-refractivity contribution < 1.29 is 14.6 Å². The third kappa shape index (κ3) is 4.28. The molecule has 1 N–H and O–H groups in total. The quantitative estimate of drug-likeness (QED) is 0.587. The van der Waals surface area contributed by atoms with E-state index >= 15 is 0 Å². The van der Waals surface area contributed by atoms with Crippen LogP contribution < -0.4 is 4.74 Å². The summed E-state index contributed by atoms with van der Waals surface area (Å²) >= 11 is 0. The largest absolute Gasteiger partial charge is 0.490 e. The van der Waals surface area contributed by atoms with Crippen LogP contribution in [0.2, 0.25) is 0 Å². The molecule has 170 valence electrons. The highest BCUT2D eigenvalue weighted by atomic mass is 16.5. The Labute approximate surface area is 198 Å². The number of nitriles is 1. The molecule has 7 heteroatoms. The molecule has 5 rings (SSSR count). The van der Waals surface area contributed by atoms with Crippen LogP contribution in [0.25, 0.3) is 11.1 Å². The standard InChI is InChI=1S/C27H24N4O3/c1-31(15-20-12-30-25(16-32)24-14-29-13-23(20)24)27(33)19-5-8-22(26(10-19)34-21-6-7-21)18-4-2-3-17(9-18)11-28/h2-5,8-10,12,14,21,32H,6-7,13,15-16H2,1H3. The minimum Gasteiger partial charge on any atom is -0.490 e. The summed E-state index contributed by atoms with van der Waals surface area (Å²) in [6.45, 7) is 0.767. The number of ether oxygens (including phenoxy) is 1. The van der Waals surface area contributed by atoms with Crippen molar-refractivity contribution in [2.45, 2.75) is 38.6 Å². The van der Waals surface area contributed by atoms with Gasteiger partial charge in [0, 0.05) is 42.7 Å². The molecule has 3 aromatic rings. The van der Waals surface area contributed by atoms with Gasteiger partial charge in [-0.3, -0.25) is 14.8 Å². The van der Waals surface area contributed by atoms with Gasteiger partial charge in [-0.2, -0.15) is 5.26 Å². The first-order chi connectivity index (χ1) is 16.6. The van der Waals surface area contributed by atoms with Gasteiger partial charge in [0.15, 0.2) is 0 Å². The number of benzene rings is 2. The number of hydrogen-bond acceptors (Lipinski definition) is 6. The second-order valence-electron chi connectivity index (χ2n) is 8.63. The molecular formula is C27H24N4O3. The van der Waals surface area contributed by atoms with Crippen LogP contribution in [-0.4, -0.2) is 40.3 Å². The number of hydrogen-bond donors (Lipinski definition) is 1. The van der Waals surface area contributed by atoms with E-state index in [0.717, 1.165) is 40.7 Å². The number of fused-ring (bicyclic) bond motifs is 1. The number of rotatable bonds is 7. The van der Waals surface area contributed by atoms with Crippen molar-refractivity contribution in [2.24, 2.45) is 4.99 Å². The monoisotopic (exact) mass is 452 g/mol. The number of nitrogens with zero attached hydrogens (tertiary/aromatic N) is 4. The second kappa shape index (κ2) is 9.08. The number of aliphatic hydroxyl groups excluding tert-OH is 1. The summed E-state index contributed by atoms with van der Waals surface area (Å²) in [5, 5.41) is 18.8. The summed E-state index contributed by atoms with van der Waals surface area (Å²) in [6.07, 6.45) is 5.62. The fourth-order valence-electron chi connectivity index (χ4n) is 4.14. The van der Waals surface area contributed by atoms with Crippen LogP contribution in [0, 0.1) is 11.3 Å². The Bertz CT molecular complexity index is 1340. The molecule has 2 aromatic carbocycles. The zero-order valence-electron chi connectivity index (χ0n) is 18.9. The van der Waals surface area contributed by atoms with Gasteiger partial charge in [0.1, 0.15) is 5.75 Å². The molecule has 2 aliphatic rings. The van der Waals surface area contributed by atoms with Crippen LogP contribution in [0.4, 0.5) is 0 Å². The number of aliphatic hydroxyl groups is 1. The lowest BCUT2D eigenvalue weighted by Gasteiger charge is -2.20. The first-order valence-electron chi connectivity index (χ1n) is 11.2. The normalized spacial score (nSPS) is 13.9. The number of aromatic nitrogens is 1. The van der Waals surface area contributed by atoms with Crippen LogP contribution in [0.3, 0.4) is 0 Å². The van der Waals surface area contributed by atoms with Gasteiger partial charge in [0.25, 0.3) is 5.91 Å². The molecule has 1 aromatic heterocycles. The second-order valence-corrected chi connectivity index (χ2v) is 8.63. The summed E-state index contributed by atoms with van der Waals surface area (Å²) in [4.78, 5) is 23.6. The molecule has 1 saturated carbocycles. The highest BCUT2D eigenvalue weighted by Gasteiger charge is 2.26. The van der Waals surface area contributed by atoms with E-state index < -0.39 is 0 Å². The van der Waals surface area contributed by atoms with E-state index in [1.165, 1.54) is 0 Å². The van der Waals surface area contributed by atoms with Crippen molar-refractivity contribution in [1.29, 1.82) is 5.26 Å².